The first-order valence-corrected chi connectivity index (χ1v) is 15.6. The van der Waals surface area contributed by atoms with Gasteiger partial charge in [-0.3, -0.25) is 0 Å². The van der Waals surface area contributed by atoms with Gasteiger partial charge in [-0.2, -0.15) is 4.57 Å². The molecule has 0 N–H and O–H groups in total. The minimum Gasteiger partial charge on any atom is -0.386 e. The van der Waals surface area contributed by atoms with Gasteiger partial charge in [0.15, 0.2) is 0 Å². The van der Waals surface area contributed by atoms with Gasteiger partial charge in [0.25, 0.3) is 0 Å². The molecule has 4 rings (SSSR count). The van der Waals surface area contributed by atoms with E-state index >= 15 is 0 Å². The second kappa shape index (κ2) is 11.4. The van der Waals surface area contributed by atoms with Crippen molar-refractivity contribution in [2.24, 2.45) is 0 Å². The Morgan fingerprint density at radius 1 is 0.488 bits per heavy atom. The van der Waals surface area contributed by atoms with Crippen molar-refractivity contribution in [1.29, 1.82) is 0 Å². The van der Waals surface area contributed by atoms with Crippen molar-refractivity contribution in [2.45, 2.75) is 78.6 Å². The molecule has 0 aliphatic rings. The highest BCUT2D eigenvalue weighted by atomic mass is 31.2. The molecule has 41 heavy (non-hydrogen) atoms. The Bertz CT molecular complexity index is 1440. The summed E-state index contributed by atoms with van der Waals surface area (Å²) in [6.45, 7) is 19.3. The molecule has 4 aromatic carbocycles. The Kier molecular flexibility index (Phi) is 8.48. The molecule has 0 aliphatic heterocycles. The van der Waals surface area contributed by atoms with Gasteiger partial charge in [-0.15, -0.1) is 0 Å². The van der Waals surface area contributed by atoms with Gasteiger partial charge in [0, 0.05) is 5.56 Å². The van der Waals surface area contributed by atoms with Crippen LogP contribution in [0.25, 0.3) is 11.1 Å². The van der Waals surface area contributed by atoms with Gasteiger partial charge in [-0.05, 0) is 68.8 Å². The van der Waals surface area contributed by atoms with Crippen LogP contribution < -0.4 is 13.6 Å². The van der Waals surface area contributed by atoms with E-state index < -0.39 is 7.82 Å². The summed E-state index contributed by atoms with van der Waals surface area (Å²) < 4.78 is 33.1. The number of hydrogen-bond donors (Lipinski definition) is 0. The minimum absolute atomic E-state index is 0.0258. The molecule has 0 aromatic heterocycles. The lowest BCUT2D eigenvalue weighted by Crippen LogP contribution is -2.13. The number of phosphoric ester groups is 1. The maximum Gasteiger partial charge on any atom is 0.647 e. The van der Waals surface area contributed by atoms with Gasteiger partial charge in [0.1, 0.15) is 17.2 Å². The third kappa shape index (κ3) is 7.83. The van der Waals surface area contributed by atoms with Crippen LogP contribution in [0.4, 0.5) is 0 Å². The summed E-state index contributed by atoms with van der Waals surface area (Å²) in [6, 6.07) is 31.1. The Morgan fingerprint density at radius 2 is 0.902 bits per heavy atom. The first kappa shape index (κ1) is 30.5. The fraction of sp³-hybridized carbons (Fsp3) is 0.333. The molecular weight excluding hydrogens is 527 g/mol. The Labute approximate surface area is 246 Å². The van der Waals surface area contributed by atoms with Crippen LogP contribution in [0.3, 0.4) is 0 Å². The smallest absolute Gasteiger partial charge is 0.386 e. The van der Waals surface area contributed by atoms with Crippen molar-refractivity contribution in [3.63, 3.8) is 0 Å². The number of phosphoric acid groups is 1. The van der Waals surface area contributed by atoms with Crippen LogP contribution in [0.5, 0.6) is 17.2 Å². The Morgan fingerprint density at radius 3 is 1.32 bits per heavy atom. The van der Waals surface area contributed by atoms with E-state index in [1.807, 2.05) is 91.0 Å². The van der Waals surface area contributed by atoms with Gasteiger partial charge in [-0.25, -0.2) is 0 Å². The minimum atomic E-state index is -4.22. The van der Waals surface area contributed by atoms with Crippen LogP contribution in [0.2, 0.25) is 0 Å². The van der Waals surface area contributed by atoms with Gasteiger partial charge >= 0.3 is 7.82 Å². The summed E-state index contributed by atoms with van der Waals surface area (Å²) in [4.78, 5) is 0. The zero-order chi connectivity index (χ0) is 30.1. The monoisotopic (exact) mass is 570 g/mol. The van der Waals surface area contributed by atoms with Crippen LogP contribution in [-0.4, -0.2) is 0 Å². The van der Waals surface area contributed by atoms with Crippen molar-refractivity contribution >= 4 is 7.82 Å². The second-order valence-corrected chi connectivity index (χ2v) is 15.0. The normalized spacial score (nSPS) is 12.6. The van der Waals surface area contributed by atoms with Crippen molar-refractivity contribution in [3.8, 4) is 28.4 Å². The highest BCUT2D eigenvalue weighted by molar-refractivity contribution is 7.49. The van der Waals surface area contributed by atoms with Crippen molar-refractivity contribution in [1.82, 2.24) is 0 Å². The van der Waals surface area contributed by atoms with Crippen LogP contribution in [0.1, 0.15) is 79.0 Å². The fourth-order valence-electron chi connectivity index (χ4n) is 4.39. The predicted molar refractivity (Wildman–Crippen MR) is 170 cm³/mol. The van der Waals surface area contributed by atoms with Crippen LogP contribution in [-0.2, 0) is 20.8 Å². The molecule has 0 fully saturated rings. The Hall–Kier alpha value is -3.49. The van der Waals surface area contributed by atoms with E-state index in [1.54, 1.807) is 0 Å². The van der Waals surface area contributed by atoms with E-state index in [0.717, 1.165) is 27.8 Å². The van der Waals surface area contributed by atoms with Gasteiger partial charge < -0.3 is 13.6 Å². The molecule has 0 radical (unpaired) electrons. The maximum atomic E-state index is 14.6. The van der Waals surface area contributed by atoms with Gasteiger partial charge in [0.2, 0.25) is 0 Å². The topological polar surface area (TPSA) is 44.8 Å². The summed E-state index contributed by atoms with van der Waals surface area (Å²) in [5.41, 5.74) is 4.87. The summed E-state index contributed by atoms with van der Waals surface area (Å²) in [5.74, 6) is 1.24. The first-order valence-electron chi connectivity index (χ1n) is 14.1. The van der Waals surface area contributed by atoms with E-state index in [2.05, 4.69) is 68.4 Å². The lowest BCUT2D eigenvalue weighted by Gasteiger charge is -2.25. The molecule has 0 amide bonds. The average molecular weight is 571 g/mol. The Balaban J connectivity index is 1.78. The highest BCUT2D eigenvalue weighted by Gasteiger charge is 2.35. The molecule has 0 saturated carbocycles. The molecule has 0 atom stereocenters. The zero-order valence-corrected chi connectivity index (χ0v) is 26.7. The largest absolute Gasteiger partial charge is 0.647 e. The zero-order valence-electron chi connectivity index (χ0n) is 25.8. The maximum absolute atomic E-state index is 14.6. The fourth-order valence-corrected chi connectivity index (χ4v) is 5.65. The lowest BCUT2D eigenvalue weighted by atomic mass is 9.86. The third-order valence-corrected chi connectivity index (χ3v) is 8.31. The standard InChI is InChI=1S/C36H43O4P/c1-34(2,3)27-15-20-30(21-16-27)38-41(37,39-31-22-17-28(18-23-31)35(4,5)6)40-33-25-29(36(7,8)9)19-24-32(33)26-13-11-10-12-14-26/h10-25H,1-9H3. The van der Waals surface area contributed by atoms with E-state index in [4.69, 9.17) is 13.6 Å². The number of benzene rings is 4. The molecule has 0 saturated heterocycles. The van der Waals surface area contributed by atoms with Crippen molar-refractivity contribution in [3.05, 3.63) is 114 Å². The van der Waals surface area contributed by atoms with E-state index in [1.165, 1.54) is 0 Å². The summed E-state index contributed by atoms with van der Waals surface area (Å²) in [7, 11) is -4.22. The number of rotatable bonds is 7. The summed E-state index contributed by atoms with van der Waals surface area (Å²) in [5, 5.41) is 0. The molecule has 0 unspecified atom stereocenters. The summed E-state index contributed by atoms with van der Waals surface area (Å²) in [6.07, 6.45) is 0. The SMILES string of the molecule is CC(C)(C)c1ccc(OP(=O)(Oc2ccc(C(C)(C)C)cc2)Oc2cc(C(C)(C)C)ccc2-c2ccccc2)cc1. The molecule has 0 heterocycles. The van der Waals surface area contributed by atoms with Gasteiger partial charge in [0.05, 0.1) is 0 Å². The molecule has 216 valence electrons. The molecular formula is C36H43O4P. The molecule has 0 aliphatic carbocycles. The number of hydrogen-bond acceptors (Lipinski definition) is 4. The van der Waals surface area contributed by atoms with Crippen molar-refractivity contribution < 1.29 is 18.1 Å². The molecule has 0 spiro atoms. The van der Waals surface area contributed by atoms with Crippen LogP contribution >= 0.6 is 7.82 Å². The molecule has 5 heteroatoms. The van der Waals surface area contributed by atoms with Crippen LogP contribution in [0, 0.1) is 0 Å². The lowest BCUT2D eigenvalue weighted by molar-refractivity contribution is 0.298. The highest BCUT2D eigenvalue weighted by Crippen LogP contribution is 2.52. The molecule has 4 aromatic rings. The molecule has 4 nitrogen and oxygen atoms in total. The molecule has 0 bridgehead atoms. The quantitative estimate of drug-likeness (QED) is 0.207. The predicted octanol–water partition coefficient (Wildman–Crippen LogP) is 10.9. The van der Waals surface area contributed by atoms with E-state index in [-0.39, 0.29) is 16.2 Å². The summed E-state index contributed by atoms with van der Waals surface area (Å²) >= 11 is 0. The van der Waals surface area contributed by atoms with Crippen molar-refractivity contribution in [2.75, 3.05) is 0 Å². The van der Waals surface area contributed by atoms with Gasteiger partial charge in [-0.1, -0.05) is 129 Å². The second-order valence-electron chi connectivity index (χ2n) is 13.6. The average Bonchev–Trinajstić information content (AvgIpc) is 2.88. The van der Waals surface area contributed by atoms with E-state index in [0.29, 0.717) is 17.2 Å². The third-order valence-electron chi connectivity index (χ3n) is 7.02. The first-order chi connectivity index (χ1) is 19.0. The van der Waals surface area contributed by atoms with E-state index in [9.17, 15) is 4.57 Å². The van der Waals surface area contributed by atoms with Crippen LogP contribution in [0.15, 0.2) is 97.1 Å².